The van der Waals surface area contributed by atoms with Crippen molar-refractivity contribution in [2.75, 3.05) is 19.8 Å². The molecule has 1 atom stereocenters. The molecule has 0 bridgehead atoms. The number of aliphatic hydroxyl groups excluding tert-OH is 2. The Morgan fingerprint density at radius 1 is 1.16 bits per heavy atom. The van der Waals surface area contributed by atoms with Crippen LogP contribution in [-0.4, -0.2) is 52.0 Å². The van der Waals surface area contributed by atoms with Crippen LogP contribution < -0.4 is 10.8 Å². The lowest BCUT2D eigenvalue weighted by atomic mass is 10.1. The predicted molar refractivity (Wildman–Crippen MR) is 116 cm³/mol. The first-order valence-corrected chi connectivity index (χ1v) is 11.2. The number of nitro groups is 1. The zero-order valence-corrected chi connectivity index (χ0v) is 18.3. The molecule has 2 rings (SSSR count). The van der Waals surface area contributed by atoms with Gasteiger partial charge in [-0.15, -0.1) is 0 Å². The van der Waals surface area contributed by atoms with Gasteiger partial charge in [0.2, 0.25) is 5.70 Å². The summed E-state index contributed by atoms with van der Waals surface area (Å²) in [6, 6.07) is 0. The number of carbonyl (C=O) groups is 1. The Bertz CT molecular complexity index is 708. The van der Waals surface area contributed by atoms with Crippen LogP contribution in [0.1, 0.15) is 64.2 Å². The van der Waals surface area contributed by atoms with E-state index in [1.54, 1.807) is 12.3 Å². The van der Waals surface area contributed by atoms with Crippen molar-refractivity contribution in [2.45, 2.75) is 70.3 Å². The molecule has 0 unspecified atom stereocenters. The molecule has 0 saturated carbocycles. The van der Waals surface area contributed by atoms with Gasteiger partial charge in [-0.1, -0.05) is 49.9 Å². The number of carbonyl (C=O) groups excluding carboxylic acids is 1. The fraction of sp³-hybridized carbons (Fsp3) is 0.667. The molecule has 0 aromatic heterocycles. The highest BCUT2D eigenvalue weighted by Crippen LogP contribution is 2.26. The second kappa shape index (κ2) is 14.4. The number of fused-ring (bicyclic) bond motifs is 1. The van der Waals surface area contributed by atoms with Crippen molar-refractivity contribution in [2.24, 2.45) is 0 Å². The number of ether oxygens (including phenoxy) is 1. The summed E-state index contributed by atoms with van der Waals surface area (Å²) in [5.41, 5.74) is 3.92. The van der Waals surface area contributed by atoms with Crippen molar-refractivity contribution in [3.8, 4) is 0 Å². The number of hydrogen-bond acceptors (Lipinski definition) is 10. The summed E-state index contributed by atoms with van der Waals surface area (Å²) in [4.78, 5) is 27.0. The first-order chi connectivity index (χ1) is 15.5. The maximum Gasteiger partial charge on any atom is 0.355 e. The molecule has 0 saturated heterocycles. The van der Waals surface area contributed by atoms with Crippen molar-refractivity contribution in [1.29, 1.82) is 0 Å². The molecule has 2 heterocycles. The third-order valence-corrected chi connectivity index (χ3v) is 5.15. The molecule has 0 aliphatic carbocycles. The molecule has 0 radical (unpaired) electrons. The van der Waals surface area contributed by atoms with Gasteiger partial charge in [0.15, 0.2) is 0 Å². The lowest BCUT2D eigenvalue weighted by molar-refractivity contribution is -0.465. The number of unbranched alkanes of at least 4 members (excludes halogenated alkanes) is 8. The fourth-order valence-electron chi connectivity index (χ4n) is 3.36. The van der Waals surface area contributed by atoms with Crippen molar-refractivity contribution < 1.29 is 29.6 Å². The van der Waals surface area contributed by atoms with Crippen LogP contribution in [0, 0.1) is 10.1 Å². The molecule has 2 aliphatic heterocycles. The number of hydrogen-bond donors (Lipinski definition) is 4. The first kappa shape index (κ1) is 25.6. The molecule has 2 aliphatic rings. The van der Waals surface area contributed by atoms with Crippen molar-refractivity contribution in [3.05, 3.63) is 45.7 Å². The van der Waals surface area contributed by atoms with E-state index >= 15 is 0 Å². The normalized spacial score (nSPS) is 15.8. The van der Waals surface area contributed by atoms with Crippen LogP contribution in [0.5, 0.6) is 0 Å². The molecule has 32 heavy (non-hydrogen) atoms. The topological polar surface area (TPSA) is 146 Å². The van der Waals surface area contributed by atoms with Gasteiger partial charge in [0.1, 0.15) is 12.7 Å². The third kappa shape index (κ3) is 8.85. The number of esters is 1. The summed E-state index contributed by atoms with van der Waals surface area (Å²) in [5, 5.41) is 33.3. The number of hydroxylamine groups is 3. The van der Waals surface area contributed by atoms with E-state index in [1.165, 1.54) is 18.9 Å². The van der Waals surface area contributed by atoms with Crippen LogP contribution >= 0.6 is 0 Å². The monoisotopic (exact) mass is 454 g/mol. The number of allylic oxidation sites excluding steroid dienone is 2. The van der Waals surface area contributed by atoms with Gasteiger partial charge >= 0.3 is 11.8 Å². The number of nitrogens with zero attached hydrogens (tertiary/aromatic N) is 2. The van der Waals surface area contributed by atoms with Gasteiger partial charge in [0, 0.05) is 19.0 Å². The van der Waals surface area contributed by atoms with E-state index in [0.29, 0.717) is 12.1 Å². The van der Waals surface area contributed by atoms with Crippen LogP contribution in [0.3, 0.4) is 0 Å². The molecule has 0 fully saturated rings. The molecule has 0 amide bonds. The van der Waals surface area contributed by atoms with Crippen molar-refractivity contribution in [1.82, 2.24) is 15.9 Å². The van der Waals surface area contributed by atoms with Gasteiger partial charge in [-0.05, 0) is 28.9 Å². The van der Waals surface area contributed by atoms with Crippen LogP contribution in [0.15, 0.2) is 35.6 Å². The highest BCUT2D eigenvalue weighted by Gasteiger charge is 2.37. The van der Waals surface area contributed by atoms with Gasteiger partial charge in [-0.3, -0.25) is 4.79 Å². The standard InChI is InChI=1S/C21H34N4O7/c26-15-17(27)16-31-21(28)10-8-6-4-2-1-3-5-7-9-13-22-18-11-12-20(25(29)30)24-19(18)14-23-32-24/h11-12,14,17,22-23,26-27H,1-10,13,15-16H2/t17-/m1/s1. The van der Waals surface area contributed by atoms with Crippen molar-refractivity contribution in [3.63, 3.8) is 0 Å². The average molecular weight is 455 g/mol. The Morgan fingerprint density at radius 3 is 2.47 bits per heavy atom. The van der Waals surface area contributed by atoms with Crippen molar-refractivity contribution >= 4 is 5.97 Å². The predicted octanol–water partition coefficient (Wildman–Crippen LogP) is 1.98. The Balaban J connectivity index is 1.42. The molecule has 4 N–H and O–H groups in total. The maximum atomic E-state index is 11.5. The molecular weight excluding hydrogens is 420 g/mol. The fourth-order valence-corrected chi connectivity index (χ4v) is 3.36. The average Bonchev–Trinajstić information content (AvgIpc) is 3.28. The van der Waals surface area contributed by atoms with Gasteiger partial charge < -0.3 is 30.4 Å². The first-order valence-electron chi connectivity index (χ1n) is 11.2. The SMILES string of the molecule is O=C(CCCCCCCCCCCNC1=CC=C([N+](=O)[O-])N2ONC=C12)OC[C@H](O)CO. The second-order valence-corrected chi connectivity index (χ2v) is 7.77. The minimum atomic E-state index is -0.998. The molecule has 0 spiro atoms. The molecule has 0 aromatic rings. The smallest absolute Gasteiger partial charge is 0.355 e. The summed E-state index contributed by atoms with van der Waals surface area (Å²) >= 11 is 0. The largest absolute Gasteiger partial charge is 0.463 e. The van der Waals surface area contributed by atoms with Crippen LogP contribution in [-0.2, 0) is 14.5 Å². The van der Waals surface area contributed by atoms with E-state index in [2.05, 4.69) is 10.8 Å². The summed E-state index contributed by atoms with van der Waals surface area (Å²) in [7, 11) is 0. The van der Waals surface area contributed by atoms with E-state index in [4.69, 9.17) is 19.9 Å². The van der Waals surface area contributed by atoms with E-state index in [0.717, 1.165) is 62.3 Å². The summed E-state index contributed by atoms with van der Waals surface area (Å²) in [6.07, 6.45) is 13.7. The molecular formula is C21H34N4O7. The van der Waals surface area contributed by atoms with E-state index in [9.17, 15) is 14.9 Å². The van der Waals surface area contributed by atoms with E-state index < -0.39 is 17.6 Å². The lowest BCUT2D eigenvalue weighted by Crippen LogP contribution is -2.31. The Kier molecular flexibility index (Phi) is 11.6. The third-order valence-electron chi connectivity index (χ3n) is 5.15. The summed E-state index contributed by atoms with van der Waals surface area (Å²) in [5.74, 6) is -0.463. The molecule has 11 nitrogen and oxygen atoms in total. The minimum absolute atomic E-state index is 0.135. The molecule has 0 aromatic carbocycles. The minimum Gasteiger partial charge on any atom is -0.463 e. The summed E-state index contributed by atoms with van der Waals surface area (Å²) < 4.78 is 4.86. The Labute approximate surface area is 187 Å². The number of aliphatic hydroxyl groups is 2. The quantitative estimate of drug-likeness (QED) is 0.111. The van der Waals surface area contributed by atoms with Crippen LogP contribution in [0.25, 0.3) is 0 Å². The second-order valence-electron chi connectivity index (χ2n) is 7.77. The Hall–Kier alpha value is -2.63. The van der Waals surface area contributed by atoms with E-state index in [-0.39, 0.29) is 18.4 Å². The maximum absolute atomic E-state index is 11.5. The Morgan fingerprint density at radius 2 is 1.81 bits per heavy atom. The highest BCUT2D eigenvalue weighted by molar-refractivity contribution is 5.69. The molecule has 11 heteroatoms. The lowest BCUT2D eigenvalue weighted by Gasteiger charge is -2.18. The zero-order valence-electron chi connectivity index (χ0n) is 18.3. The zero-order chi connectivity index (χ0) is 23.2. The van der Waals surface area contributed by atoms with Gasteiger partial charge in [0.05, 0.1) is 18.5 Å². The van der Waals surface area contributed by atoms with Gasteiger partial charge in [-0.25, -0.2) is 5.48 Å². The highest BCUT2D eigenvalue weighted by atomic mass is 16.8. The van der Waals surface area contributed by atoms with E-state index in [1.807, 2.05) is 0 Å². The summed E-state index contributed by atoms with van der Waals surface area (Å²) in [6.45, 7) is 0.227. The van der Waals surface area contributed by atoms with Gasteiger partial charge in [0.25, 0.3) is 0 Å². The number of rotatable bonds is 17. The van der Waals surface area contributed by atoms with Crippen LogP contribution in [0.2, 0.25) is 0 Å². The molecule has 180 valence electrons. The van der Waals surface area contributed by atoms with Crippen LogP contribution in [0.4, 0.5) is 0 Å². The van der Waals surface area contributed by atoms with Gasteiger partial charge in [-0.2, -0.15) is 0 Å². The number of nitrogens with one attached hydrogen (secondary N) is 2.